The smallest absolute Gasteiger partial charge is 0.255 e. The number of aromatic nitrogens is 2. The van der Waals surface area contributed by atoms with Crippen molar-refractivity contribution in [2.75, 3.05) is 38.1 Å². The summed E-state index contributed by atoms with van der Waals surface area (Å²) in [7, 11) is 1.83. The van der Waals surface area contributed by atoms with Gasteiger partial charge in [-0.25, -0.2) is 4.98 Å². The standard InChI is InChI=1S/C24H33N5O3/c1-4-20-22(26(3)23(31)18-8-6-5-7-9-18)29-16-19(10-11-21(29)25-20)24(32)28-14-12-27(13-15-28)17(2)30/h10-11,16,18H,4-9,12-15H2,1-3H3. The highest BCUT2D eigenvalue weighted by atomic mass is 16.2. The molecule has 0 bridgehead atoms. The Kier molecular flexibility index (Phi) is 6.48. The predicted molar refractivity (Wildman–Crippen MR) is 123 cm³/mol. The summed E-state index contributed by atoms with van der Waals surface area (Å²) in [5.41, 5.74) is 2.16. The molecule has 8 nitrogen and oxygen atoms in total. The lowest BCUT2D eigenvalue weighted by molar-refractivity contribution is -0.130. The van der Waals surface area contributed by atoms with Crippen LogP contribution in [0.5, 0.6) is 0 Å². The summed E-state index contributed by atoms with van der Waals surface area (Å²) in [5, 5.41) is 0. The molecule has 1 saturated carbocycles. The van der Waals surface area contributed by atoms with Crippen molar-refractivity contribution in [1.82, 2.24) is 19.2 Å². The van der Waals surface area contributed by atoms with Gasteiger partial charge in [-0.15, -0.1) is 0 Å². The molecule has 0 spiro atoms. The van der Waals surface area contributed by atoms with E-state index in [-0.39, 0.29) is 23.6 Å². The summed E-state index contributed by atoms with van der Waals surface area (Å²) >= 11 is 0. The first kappa shape index (κ1) is 22.3. The lowest BCUT2D eigenvalue weighted by atomic mass is 9.88. The van der Waals surface area contributed by atoms with Gasteiger partial charge >= 0.3 is 0 Å². The van der Waals surface area contributed by atoms with Gasteiger partial charge in [0.2, 0.25) is 11.8 Å². The van der Waals surface area contributed by atoms with Crippen LogP contribution in [0.2, 0.25) is 0 Å². The molecule has 1 aliphatic carbocycles. The molecular weight excluding hydrogens is 406 g/mol. The highest BCUT2D eigenvalue weighted by molar-refractivity contribution is 5.96. The lowest BCUT2D eigenvalue weighted by Gasteiger charge is -2.34. The zero-order valence-electron chi connectivity index (χ0n) is 19.3. The highest BCUT2D eigenvalue weighted by Gasteiger charge is 2.29. The first-order chi connectivity index (χ1) is 15.4. The third kappa shape index (κ3) is 4.23. The fourth-order valence-electron chi connectivity index (χ4n) is 4.93. The molecule has 2 fully saturated rings. The zero-order valence-corrected chi connectivity index (χ0v) is 19.3. The van der Waals surface area contributed by atoms with Gasteiger partial charge in [0.15, 0.2) is 0 Å². The molecule has 32 heavy (non-hydrogen) atoms. The molecule has 0 N–H and O–H groups in total. The van der Waals surface area contributed by atoms with Gasteiger partial charge in [-0.3, -0.25) is 23.7 Å². The van der Waals surface area contributed by atoms with Crippen LogP contribution in [0.1, 0.15) is 62.0 Å². The average Bonchev–Trinajstić information content (AvgIpc) is 3.21. The Bertz CT molecular complexity index is 1020. The van der Waals surface area contributed by atoms with E-state index in [0.717, 1.165) is 42.8 Å². The second-order valence-corrected chi connectivity index (χ2v) is 8.91. The number of hydrogen-bond donors (Lipinski definition) is 0. The minimum atomic E-state index is -0.0611. The first-order valence-corrected chi connectivity index (χ1v) is 11.7. The topological polar surface area (TPSA) is 78.2 Å². The van der Waals surface area contributed by atoms with E-state index in [1.54, 1.807) is 33.9 Å². The Balaban J connectivity index is 1.61. The van der Waals surface area contributed by atoms with E-state index in [2.05, 4.69) is 0 Å². The lowest BCUT2D eigenvalue weighted by Crippen LogP contribution is -2.50. The van der Waals surface area contributed by atoms with Crippen molar-refractivity contribution in [3.05, 3.63) is 29.6 Å². The number of imidazole rings is 1. The van der Waals surface area contributed by atoms with Gasteiger partial charge in [0.25, 0.3) is 5.91 Å². The highest BCUT2D eigenvalue weighted by Crippen LogP contribution is 2.29. The fraction of sp³-hybridized carbons (Fsp3) is 0.583. The number of pyridine rings is 1. The zero-order chi connectivity index (χ0) is 22.8. The number of rotatable bonds is 4. The van der Waals surface area contributed by atoms with Crippen molar-refractivity contribution in [2.24, 2.45) is 5.92 Å². The van der Waals surface area contributed by atoms with Crippen LogP contribution in [-0.4, -0.2) is 70.1 Å². The Morgan fingerprint density at radius 2 is 1.69 bits per heavy atom. The van der Waals surface area contributed by atoms with Gasteiger partial charge in [-0.05, 0) is 31.4 Å². The Labute approximate surface area is 189 Å². The van der Waals surface area contributed by atoms with Crippen LogP contribution in [0.3, 0.4) is 0 Å². The van der Waals surface area contributed by atoms with Gasteiger partial charge in [0.05, 0.1) is 11.3 Å². The maximum absolute atomic E-state index is 13.2. The Morgan fingerprint density at radius 3 is 2.31 bits per heavy atom. The number of anilines is 1. The third-order valence-corrected chi connectivity index (χ3v) is 6.86. The van der Waals surface area contributed by atoms with Gasteiger partial charge in [0.1, 0.15) is 11.5 Å². The van der Waals surface area contributed by atoms with Crippen LogP contribution in [0, 0.1) is 5.92 Å². The average molecular weight is 440 g/mol. The van der Waals surface area contributed by atoms with E-state index in [1.807, 2.05) is 24.4 Å². The summed E-state index contributed by atoms with van der Waals surface area (Å²) in [6.45, 7) is 5.74. The number of piperazine rings is 1. The van der Waals surface area contributed by atoms with E-state index < -0.39 is 0 Å². The molecule has 0 aromatic carbocycles. The molecule has 2 aromatic heterocycles. The number of nitrogens with zero attached hydrogens (tertiary/aromatic N) is 5. The van der Waals surface area contributed by atoms with Gasteiger partial charge in [-0.1, -0.05) is 26.2 Å². The molecule has 1 aliphatic heterocycles. The molecule has 0 unspecified atom stereocenters. The van der Waals surface area contributed by atoms with Crippen LogP contribution in [0.4, 0.5) is 5.82 Å². The molecule has 3 heterocycles. The van der Waals surface area contributed by atoms with Crippen molar-refractivity contribution < 1.29 is 14.4 Å². The van der Waals surface area contributed by atoms with Gasteiger partial charge in [-0.2, -0.15) is 0 Å². The van der Waals surface area contributed by atoms with Crippen molar-refractivity contribution in [1.29, 1.82) is 0 Å². The fourth-order valence-corrected chi connectivity index (χ4v) is 4.93. The summed E-state index contributed by atoms with van der Waals surface area (Å²) < 4.78 is 1.89. The van der Waals surface area contributed by atoms with E-state index in [1.165, 1.54) is 6.42 Å². The second kappa shape index (κ2) is 9.30. The number of hydrogen-bond acceptors (Lipinski definition) is 4. The molecule has 172 valence electrons. The van der Waals surface area contributed by atoms with Crippen molar-refractivity contribution in [2.45, 2.75) is 52.4 Å². The van der Waals surface area contributed by atoms with E-state index >= 15 is 0 Å². The maximum Gasteiger partial charge on any atom is 0.255 e. The van der Waals surface area contributed by atoms with Gasteiger partial charge in [0, 0.05) is 52.3 Å². The quantitative estimate of drug-likeness (QED) is 0.734. The number of fused-ring (bicyclic) bond motifs is 1. The molecule has 3 amide bonds. The predicted octanol–water partition coefficient (Wildman–Crippen LogP) is 2.74. The summed E-state index contributed by atoms with van der Waals surface area (Å²) in [6.07, 6.45) is 7.81. The van der Waals surface area contributed by atoms with E-state index in [4.69, 9.17) is 4.98 Å². The van der Waals surface area contributed by atoms with Gasteiger partial charge < -0.3 is 9.80 Å². The summed E-state index contributed by atoms with van der Waals surface area (Å²) in [5.74, 6) is 0.937. The summed E-state index contributed by atoms with van der Waals surface area (Å²) in [6, 6.07) is 3.65. The van der Waals surface area contributed by atoms with Crippen molar-refractivity contribution >= 4 is 29.2 Å². The molecule has 0 radical (unpaired) electrons. The Hall–Kier alpha value is -2.90. The second-order valence-electron chi connectivity index (χ2n) is 8.91. The molecule has 1 saturated heterocycles. The Morgan fingerprint density at radius 1 is 1.03 bits per heavy atom. The molecular formula is C24H33N5O3. The molecule has 0 atom stereocenters. The van der Waals surface area contributed by atoms with E-state index in [9.17, 15) is 14.4 Å². The summed E-state index contributed by atoms with van der Waals surface area (Å²) in [4.78, 5) is 48.0. The molecule has 2 aromatic rings. The number of aryl methyl sites for hydroxylation is 1. The van der Waals surface area contributed by atoms with Crippen LogP contribution < -0.4 is 4.90 Å². The molecule has 8 heteroatoms. The van der Waals surface area contributed by atoms with Crippen LogP contribution in [0.15, 0.2) is 18.3 Å². The normalized spacial score (nSPS) is 17.6. The third-order valence-electron chi connectivity index (χ3n) is 6.86. The molecule has 2 aliphatic rings. The van der Waals surface area contributed by atoms with Crippen molar-refractivity contribution in [3.8, 4) is 0 Å². The largest absolute Gasteiger partial charge is 0.339 e. The SMILES string of the molecule is CCc1nc2ccc(C(=O)N3CCN(C(C)=O)CC3)cn2c1N(C)C(=O)C1CCCCC1. The number of carbonyl (C=O) groups is 3. The minimum Gasteiger partial charge on any atom is -0.339 e. The van der Waals surface area contributed by atoms with Crippen molar-refractivity contribution in [3.63, 3.8) is 0 Å². The monoisotopic (exact) mass is 439 g/mol. The first-order valence-electron chi connectivity index (χ1n) is 11.7. The number of amides is 3. The van der Waals surface area contributed by atoms with Crippen LogP contribution in [0.25, 0.3) is 5.65 Å². The maximum atomic E-state index is 13.2. The molecule has 4 rings (SSSR count). The van der Waals surface area contributed by atoms with Crippen LogP contribution >= 0.6 is 0 Å². The number of carbonyl (C=O) groups excluding carboxylic acids is 3. The van der Waals surface area contributed by atoms with E-state index in [0.29, 0.717) is 38.2 Å². The minimum absolute atomic E-state index is 0.0411. The van der Waals surface area contributed by atoms with Crippen LogP contribution in [-0.2, 0) is 16.0 Å².